The first-order valence-corrected chi connectivity index (χ1v) is 11.0. The van der Waals surface area contributed by atoms with E-state index in [0.717, 1.165) is 9.99 Å². The first kappa shape index (κ1) is 20.3. The zero-order valence-corrected chi connectivity index (χ0v) is 16.9. The third-order valence-electron chi connectivity index (χ3n) is 4.31. The van der Waals surface area contributed by atoms with E-state index >= 15 is 4.39 Å². The Hall–Kier alpha value is -1.03. The van der Waals surface area contributed by atoms with Crippen LogP contribution in [0, 0.1) is 11.7 Å². The van der Waals surface area contributed by atoms with E-state index < -0.39 is 38.9 Å². The fourth-order valence-corrected chi connectivity index (χ4v) is 3.69. The molecule has 8 heteroatoms. The third-order valence-corrected chi connectivity index (χ3v) is 5.37. The zero-order chi connectivity index (χ0) is 18.6. The Labute approximate surface area is 159 Å². The molecule has 0 bridgehead atoms. The van der Waals surface area contributed by atoms with Crippen LogP contribution in [-0.4, -0.2) is 53.5 Å². The van der Waals surface area contributed by atoms with Crippen molar-refractivity contribution in [3.05, 3.63) is 23.5 Å². The van der Waals surface area contributed by atoms with Crippen LogP contribution >= 0.6 is 0 Å². The molecule has 0 spiro atoms. The summed E-state index contributed by atoms with van der Waals surface area (Å²) >= 11 is -0.397. The molecule has 2 N–H and O–H groups in total. The van der Waals surface area contributed by atoms with E-state index in [9.17, 15) is 9.90 Å². The number of aliphatic hydroxyl groups excluding tert-OH is 1. The molecule has 2 radical (unpaired) electrons. The Kier molecular flexibility index (Phi) is 7.36. The van der Waals surface area contributed by atoms with E-state index in [0.29, 0.717) is 18.7 Å². The van der Waals surface area contributed by atoms with Crippen LogP contribution in [0.1, 0.15) is 19.4 Å². The summed E-state index contributed by atoms with van der Waals surface area (Å²) in [6.07, 6.45) is 0.359. The SMILES string of the molecule is [B][I-]CCOc1ccc2c(c1F)N(C)[C@H](C(C)C)C(=O)N[C@@H](CO)C2. The summed E-state index contributed by atoms with van der Waals surface area (Å²) in [5.74, 6) is -0.526. The molecule has 1 aliphatic heterocycles. The van der Waals surface area contributed by atoms with Gasteiger partial charge in [0.05, 0.1) is 0 Å². The molecule has 0 saturated heterocycles. The predicted molar refractivity (Wildman–Crippen MR) is 92.3 cm³/mol. The number of carbonyl (C=O) groups excluding carboxylic acids is 1. The number of aliphatic hydroxyl groups is 1. The molecule has 1 heterocycles. The van der Waals surface area contributed by atoms with Crippen LogP contribution in [0.5, 0.6) is 5.75 Å². The van der Waals surface area contributed by atoms with Crippen LogP contribution < -0.4 is 35.9 Å². The molecule has 1 aromatic carbocycles. The summed E-state index contributed by atoms with van der Waals surface area (Å²) < 4.78 is 21.4. The Bertz CT molecular complexity index is 618. The molecule has 2 rings (SSSR count). The minimum absolute atomic E-state index is 0.0266. The van der Waals surface area contributed by atoms with Crippen molar-refractivity contribution in [1.82, 2.24) is 5.32 Å². The van der Waals surface area contributed by atoms with E-state index in [2.05, 4.69) is 5.32 Å². The van der Waals surface area contributed by atoms with Crippen LogP contribution in [0.4, 0.5) is 10.1 Å². The van der Waals surface area contributed by atoms with Gasteiger partial charge in [0, 0.05) is 0 Å². The standard InChI is InChI=1S/C17H24BFIN2O3/c1-10(2)15-17(24)21-12(9-23)8-11-4-5-13(25-7-6-20-18)14(19)16(11)22(15)3/h4-5,10,12,15,23H,6-9H2,1-3H3,(H,21,24)/q-1/t12-,15-/m1/s1. The van der Waals surface area contributed by atoms with Crippen molar-refractivity contribution in [3.63, 3.8) is 0 Å². The predicted octanol–water partition coefficient (Wildman–Crippen LogP) is -2.13. The molecule has 1 amide bonds. The Balaban J connectivity index is 2.47. The number of nitrogens with zero attached hydrogens (tertiary/aromatic N) is 1. The summed E-state index contributed by atoms with van der Waals surface area (Å²) in [6, 6.07) is 2.44. The average Bonchev–Trinajstić information content (AvgIpc) is 2.54. The van der Waals surface area contributed by atoms with Gasteiger partial charge in [0.1, 0.15) is 0 Å². The van der Waals surface area contributed by atoms with Gasteiger partial charge in [-0.05, 0) is 0 Å². The Morgan fingerprint density at radius 3 is 2.84 bits per heavy atom. The molecule has 0 fully saturated rings. The molecule has 0 saturated carbocycles. The van der Waals surface area contributed by atoms with Crippen LogP contribution in [0.2, 0.25) is 0 Å². The van der Waals surface area contributed by atoms with Gasteiger partial charge in [0.15, 0.2) is 0 Å². The number of alkyl halides is 1. The number of benzene rings is 1. The average molecular weight is 461 g/mol. The maximum absolute atomic E-state index is 15.2. The van der Waals surface area contributed by atoms with Crippen molar-refractivity contribution >= 4 is 17.3 Å². The van der Waals surface area contributed by atoms with Gasteiger partial charge in [0.2, 0.25) is 0 Å². The number of hydrogen-bond donors (Lipinski definition) is 2. The quantitative estimate of drug-likeness (QED) is 0.220. The summed E-state index contributed by atoms with van der Waals surface area (Å²) in [4.78, 5) is 14.3. The number of ether oxygens (including phenoxy) is 1. The molecule has 0 unspecified atom stereocenters. The summed E-state index contributed by atoms with van der Waals surface area (Å²) in [7, 11) is 1.72. The topological polar surface area (TPSA) is 61.8 Å². The molecule has 25 heavy (non-hydrogen) atoms. The summed E-state index contributed by atoms with van der Waals surface area (Å²) in [6.45, 7) is 4.02. The molecular weight excluding hydrogens is 437 g/mol. The first-order chi connectivity index (χ1) is 11.9. The molecule has 2 atom stereocenters. The second-order valence-electron chi connectivity index (χ2n) is 6.47. The van der Waals surface area contributed by atoms with Crippen molar-refractivity contribution in [1.29, 1.82) is 0 Å². The first-order valence-electron chi connectivity index (χ1n) is 8.26. The van der Waals surface area contributed by atoms with Gasteiger partial charge in [-0.3, -0.25) is 0 Å². The Morgan fingerprint density at radius 2 is 2.24 bits per heavy atom. The number of rotatable bonds is 6. The number of anilines is 1. The van der Waals surface area contributed by atoms with Gasteiger partial charge in [-0.25, -0.2) is 0 Å². The second kappa shape index (κ2) is 9.07. The van der Waals surface area contributed by atoms with Gasteiger partial charge in [-0.15, -0.1) is 0 Å². The Morgan fingerprint density at radius 1 is 1.52 bits per heavy atom. The molecule has 5 nitrogen and oxygen atoms in total. The van der Waals surface area contributed by atoms with Gasteiger partial charge >= 0.3 is 160 Å². The van der Waals surface area contributed by atoms with Crippen molar-refractivity contribution in [2.24, 2.45) is 5.92 Å². The van der Waals surface area contributed by atoms with Crippen molar-refractivity contribution in [2.75, 3.05) is 29.6 Å². The van der Waals surface area contributed by atoms with E-state index in [1.165, 1.54) is 0 Å². The van der Waals surface area contributed by atoms with Crippen molar-refractivity contribution in [3.8, 4) is 5.75 Å². The second-order valence-corrected chi connectivity index (χ2v) is 8.43. The summed E-state index contributed by atoms with van der Waals surface area (Å²) in [5, 5.41) is 12.4. The minimum atomic E-state index is -0.534. The number of fused-ring (bicyclic) bond motifs is 1. The van der Waals surface area contributed by atoms with Gasteiger partial charge in [-0.1, -0.05) is 0 Å². The van der Waals surface area contributed by atoms with Crippen molar-refractivity contribution < 1.29 is 40.0 Å². The third kappa shape index (κ3) is 4.58. The number of halogens is 2. The molecule has 1 aliphatic rings. The normalized spacial score (nSPS) is 20.9. The molecule has 0 aromatic heterocycles. The molecule has 138 valence electrons. The molecular formula is C17H24BFIN2O3-. The van der Waals surface area contributed by atoms with Gasteiger partial charge in [0.25, 0.3) is 0 Å². The fourth-order valence-electron chi connectivity index (χ4n) is 3.21. The fraction of sp³-hybridized carbons (Fsp3) is 0.588. The van der Waals surface area contributed by atoms with Crippen LogP contribution in [0.25, 0.3) is 0 Å². The van der Waals surface area contributed by atoms with Crippen molar-refractivity contribution in [2.45, 2.75) is 32.4 Å². The number of hydrogen-bond acceptors (Lipinski definition) is 4. The maximum atomic E-state index is 15.2. The summed E-state index contributed by atoms with van der Waals surface area (Å²) in [5.41, 5.74) is 6.67. The zero-order valence-electron chi connectivity index (χ0n) is 14.8. The number of likely N-dealkylation sites (N-methyl/N-ethyl adjacent to an activating group) is 1. The van der Waals surface area contributed by atoms with E-state index in [1.54, 1.807) is 24.1 Å². The van der Waals surface area contributed by atoms with E-state index in [-0.39, 0.29) is 24.2 Å². The number of nitrogens with one attached hydrogen (secondary N) is 1. The van der Waals surface area contributed by atoms with Gasteiger partial charge < -0.3 is 0 Å². The van der Waals surface area contributed by atoms with E-state index in [4.69, 9.17) is 10.4 Å². The monoisotopic (exact) mass is 461 g/mol. The molecule has 0 aliphatic carbocycles. The van der Waals surface area contributed by atoms with Crippen LogP contribution in [-0.2, 0) is 11.2 Å². The molecule has 1 aromatic rings. The van der Waals surface area contributed by atoms with E-state index in [1.807, 2.05) is 13.8 Å². The van der Waals surface area contributed by atoms with Crippen LogP contribution in [0.15, 0.2) is 12.1 Å². The number of amides is 1. The van der Waals surface area contributed by atoms with Gasteiger partial charge in [-0.2, -0.15) is 0 Å². The number of carbonyl (C=O) groups is 1. The van der Waals surface area contributed by atoms with Crippen LogP contribution in [0.3, 0.4) is 0 Å².